The Labute approximate surface area is 144 Å². The lowest BCUT2D eigenvalue weighted by Crippen LogP contribution is -2.28. The van der Waals surface area contributed by atoms with Gasteiger partial charge in [-0.25, -0.2) is 0 Å². The number of amides is 1. The van der Waals surface area contributed by atoms with Crippen molar-refractivity contribution < 1.29 is 9.53 Å². The molecule has 0 saturated carbocycles. The summed E-state index contributed by atoms with van der Waals surface area (Å²) < 4.78 is 5.95. The third kappa shape index (κ3) is 4.98. The first-order chi connectivity index (χ1) is 11.6. The second kappa shape index (κ2) is 8.92. The number of hydrogen-bond donors (Lipinski definition) is 0. The fourth-order valence-corrected chi connectivity index (χ4v) is 2.46. The smallest absolute Gasteiger partial charge is 0.246 e. The first-order valence-corrected chi connectivity index (χ1v) is 8.42. The molecule has 0 heterocycles. The third-order valence-corrected chi connectivity index (χ3v) is 3.96. The van der Waals surface area contributed by atoms with Crippen molar-refractivity contribution in [2.45, 2.75) is 26.9 Å². The average Bonchev–Trinajstić information content (AvgIpc) is 2.63. The molecule has 1 atom stereocenters. The van der Waals surface area contributed by atoms with E-state index in [1.54, 1.807) is 11.0 Å². The van der Waals surface area contributed by atoms with Crippen molar-refractivity contribution in [1.82, 2.24) is 4.90 Å². The van der Waals surface area contributed by atoms with Gasteiger partial charge in [0.05, 0.1) is 0 Å². The summed E-state index contributed by atoms with van der Waals surface area (Å²) in [5, 5.41) is 0. The molecule has 1 amide bonds. The van der Waals surface area contributed by atoms with Gasteiger partial charge in [-0.2, -0.15) is 0 Å². The molecule has 0 aliphatic carbocycles. The highest BCUT2D eigenvalue weighted by molar-refractivity contribution is 5.91. The maximum atomic E-state index is 12.0. The normalized spacial score (nSPS) is 12.1. The van der Waals surface area contributed by atoms with Crippen LogP contribution in [0.3, 0.4) is 0 Å². The maximum absolute atomic E-state index is 12.0. The standard InChI is InChI=1S/C21H25NO2/c1-4-22(5-2)21(23)16-13-18-11-14-20(15-12-18)24-17(3)19-9-7-6-8-10-19/h6-17H,4-5H2,1-3H3/b16-13+. The number of benzene rings is 2. The van der Waals surface area contributed by atoms with Gasteiger partial charge in [-0.3, -0.25) is 4.79 Å². The minimum absolute atomic E-state index is 0.00293. The highest BCUT2D eigenvalue weighted by Crippen LogP contribution is 2.22. The minimum Gasteiger partial charge on any atom is -0.486 e. The van der Waals surface area contributed by atoms with E-state index < -0.39 is 0 Å². The SMILES string of the molecule is CCN(CC)C(=O)/C=C/c1ccc(OC(C)c2ccccc2)cc1. The number of carbonyl (C=O) groups excluding carboxylic acids is 1. The Bertz CT molecular complexity index is 658. The molecule has 2 aromatic carbocycles. The Balaban J connectivity index is 1.97. The lowest BCUT2D eigenvalue weighted by Gasteiger charge is -2.16. The summed E-state index contributed by atoms with van der Waals surface area (Å²) in [6, 6.07) is 17.9. The van der Waals surface area contributed by atoms with Crippen molar-refractivity contribution in [3.05, 3.63) is 71.8 Å². The molecule has 0 aliphatic rings. The number of hydrogen-bond acceptors (Lipinski definition) is 2. The van der Waals surface area contributed by atoms with Gasteiger partial charge < -0.3 is 9.64 Å². The fraction of sp³-hybridized carbons (Fsp3) is 0.286. The van der Waals surface area contributed by atoms with Crippen LogP contribution in [0.5, 0.6) is 5.75 Å². The predicted molar refractivity (Wildman–Crippen MR) is 98.9 cm³/mol. The molecule has 0 spiro atoms. The lowest BCUT2D eigenvalue weighted by molar-refractivity contribution is -0.125. The molecule has 1 unspecified atom stereocenters. The highest BCUT2D eigenvalue weighted by Gasteiger charge is 2.07. The van der Waals surface area contributed by atoms with Crippen LogP contribution in [0.2, 0.25) is 0 Å². The molecule has 0 radical (unpaired) electrons. The van der Waals surface area contributed by atoms with Gasteiger partial charge in [0.2, 0.25) is 5.91 Å². The van der Waals surface area contributed by atoms with Gasteiger partial charge in [-0.15, -0.1) is 0 Å². The molecule has 0 aromatic heterocycles. The molecule has 3 nitrogen and oxygen atoms in total. The first-order valence-electron chi connectivity index (χ1n) is 8.42. The first kappa shape index (κ1) is 17.8. The zero-order valence-corrected chi connectivity index (χ0v) is 14.6. The van der Waals surface area contributed by atoms with Crippen molar-refractivity contribution >= 4 is 12.0 Å². The van der Waals surface area contributed by atoms with Crippen LogP contribution < -0.4 is 4.74 Å². The van der Waals surface area contributed by atoms with Crippen molar-refractivity contribution in [2.75, 3.05) is 13.1 Å². The van der Waals surface area contributed by atoms with Crippen LogP contribution in [0.4, 0.5) is 0 Å². The van der Waals surface area contributed by atoms with E-state index in [9.17, 15) is 4.79 Å². The quantitative estimate of drug-likeness (QED) is 0.691. The molecular formula is C21H25NO2. The summed E-state index contributed by atoms with van der Waals surface area (Å²) in [7, 11) is 0. The number of ether oxygens (including phenoxy) is 1. The third-order valence-electron chi connectivity index (χ3n) is 3.96. The second-order valence-electron chi connectivity index (χ2n) is 5.58. The Kier molecular flexibility index (Phi) is 6.62. The predicted octanol–water partition coefficient (Wildman–Crippen LogP) is 4.71. The summed E-state index contributed by atoms with van der Waals surface area (Å²) >= 11 is 0. The number of nitrogens with zero attached hydrogens (tertiary/aromatic N) is 1. The van der Waals surface area contributed by atoms with Crippen molar-refractivity contribution in [2.24, 2.45) is 0 Å². The van der Waals surface area contributed by atoms with Gasteiger partial charge in [0.15, 0.2) is 0 Å². The van der Waals surface area contributed by atoms with Crippen LogP contribution in [0.15, 0.2) is 60.7 Å². The molecular weight excluding hydrogens is 298 g/mol. The molecule has 2 aromatic rings. The Morgan fingerprint density at radius 3 is 2.25 bits per heavy atom. The number of rotatable bonds is 7. The topological polar surface area (TPSA) is 29.5 Å². The number of carbonyl (C=O) groups is 1. The molecule has 0 bridgehead atoms. The van der Waals surface area contributed by atoms with E-state index in [-0.39, 0.29) is 12.0 Å². The summed E-state index contributed by atoms with van der Waals surface area (Å²) in [6.45, 7) is 7.45. The van der Waals surface area contributed by atoms with Gasteiger partial charge >= 0.3 is 0 Å². The van der Waals surface area contributed by atoms with E-state index in [0.29, 0.717) is 0 Å². The Morgan fingerprint density at radius 1 is 1.04 bits per heavy atom. The zero-order chi connectivity index (χ0) is 17.4. The molecule has 126 valence electrons. The van der Waals surface area contributed by atoms with E-state index in [0.717, 1.165) is 30.0 Å². The zero-order valence-electron chi connectivity index (χ0n) is 14.6. The summed E-state index contributed by atoms with van der Waals surface area (Å²) in [5.74, 6) is 0.858. The van der Waals surface area contributed by atoms with E-state index in [1.807, 2.05) is 69.3 Å². The average molecular weight is 323 g/mol. The van der Waals surface area contributed by atoms with Crippen molar-refractivity contribution in [3.8, 4) is 5.75 Å². The monoisotopic (exact) mass is 323 g/mol. The molecule has 2 rings (SSSR count). The van der Waals surface area contributed by atoms with Crippen LogP contribution in [-0.4, -0.2) is 23.9 Å². The fourth-order valence-electron chi connectivity index (χ4n) is 2.46. The summed E-state index contributed by atoms with van der Waals surface area (Å²) in [6.07, 6.45) is 3.46. The van der Waals surface area contributed by atoms with Crippen LogP contribution in [0, 0.1) is 0 Å². The van der Waals surface area contributed by atoms with Crippen LogP contribution >= 0.6 is 0 Å². The van der Waals surface area contributed by atoms with E-state index in [4.69, 9.17) is 4.74 Å². The van der Waals surface area contributed by atoms with E-state index >= 15 is 0 Å². The van der Waals surface area contributed by atoms with Crippen molar-refractivity contribution in [3.63, 3.8) is 0 Å². The van der Waals surface area contributed by atoms with Crippen LogP contribution in [0.1, 0.15) is 38.0 Å². The molecule has 0 aliphatic heterocycles. The Hall–Kier alpha value is -2.55. The van der Waals surface area contributed by atoms with Gasteiger partial charge in [0.25, 0.3) is 0 Å². The molecule has 0 fully saturated rings. The van der Waals surface area contributed by atoms with Gasteiger partial charge in [-0.05, 0) is 50.1 Å². The molecule has 3 heteroatoms. The van der Waals surface area contributed by atoms with E-state index in [2.05, 4.69) is 12.1 Å². The van der Waals surface area contributed by atoms with Gasteiger partial charge in [-0.1, -0.05) is 42.5 Å². The van der Waals surface area contributed by atoms with Gasteiger partial charge in [0, 0.05) is 19.2 Å². The largest absolute Gasteiger partial charge is 0.486 e. The number of likely N-dealkylation sites (N-methyl/N-ethyl adjacent to an activating group) is 1. The Morgan fingerprint density at radius 2 is 1.67 bits per heavy atom. The molecule has 0 saturated heterocycles. The van der Waals surface area contributed by atoms with Gasteiger partial charge in [0.1, 0.15) is 11.9 Å². The molecule has 24 heavy (non-hydrogen) atoms. The second-order valence-corrected chi connectivity index (χ2v) is 5.58. The maximum Gasteiger partial charge on any atom is 0.246 e. The van der Waals surface area contributed by atoms with Crippen LogP contribution in [0.25, 0.3) is 6.08 Å². The van der Waals surface area contributed by atoms with E-state index in [1.165, 1.54) is 0 Å². The lowest BCUT2D eigenvalue weighted by atomic mass is 10.1. The summed E-state index contributed by atoms with van der Waals surface area (Å²) in [5.41, 5.74) is 2.13. The molecule has 0 N–H and O–H groups in total. The summed E-state index contributed by atoms with van der Waals surface area (Å²) in [4.78, 5) is 13.7. The van der Waals surface area contributed by atoms with Crippen LogP contribution in [-0.2, 0) is 4.79 Å². The minimum atomic E-state index is -0.00293. The highest BCUT2D eigenvalue weighted by atomic mass is 16.5. The van der Waals surface area contributed by atoms with Crippen molar-refractivity contribution in [1.29, 1.82) is 0 Å².